The topological polar surface area (TPSA) is 56.2 Å². The summed E-state index contributed by atoms with van der Waals surface area (Å²) in [6, 6.07) is 0.155. The van der Waals surface area contributed by atoms with Gasteiger partial charge in [0.2, 0.25) is 5.91 Å². The molecule has 1 unspecified atom stereocenters. The standard InChI is InChI=1S/C14H23N3O2/c1-10(2)13-7-17(16-11(13)3)8-14(18)15-12-5-4-6-19-9-12/h7,10,12H,4-6,8-9H2,1-3H3,(H,15,18). The number of nitrogens with zero attached hydrogens (tertiary/aromatic N) is 2. The molecule has 1 aliphatic rings. The Kier molecular flexibility index (Phi) is 4.58. The molecule has 0 radical (unpaired) electrons. The first-order valence-corrected chi connectivity index (χ1v) is 6.97. The number of ether oxygens (including phenoxy) is 1. The molecule has 1 amide bonds. The van der Waals surface area contributed by atoms with Gasteiger partial charge in [-0.2, -0.15) is 5.10 Å². The molecule has 0 spiro atoms. The minimum Gasteiger partial charge on any atom is -0.379 e. The van der Waals surface area contributed by atoms with Gasteiger partial charge in [0.05, 0.1) is 18.3 Å². The van der Waals surface area contributed by atoms with Gasteiger partial charge in [-0.15, -0.1) is 0 Å². The van der Waals surface area contributed by atoms with E-state index in [1.807, 2.05) is 13.1 Å². The van der Waals surface area contributed by atoms with Crippen LogP contribution in [0.4, 0.5) is 0 Å². The van der Waals surface area contributed by atoms with Crippen LogP contribution in [-0.2, 0) is 16.1 Å². The van der Waals surface area contributed by atoms with Crippen LogP contribution >= 0.6 is 0 Å². The average Bonchev–Trinajstić information content (AvgIpc) is 2.71. The summed E-state index contributed by atoms with van der Waals surface area (Å²) < 4.78 is 7.08. The Hall–Kier alpha value is -1.36. The number of aromatic nitrogens is 2. The van der Waals surface area contributed by atoms with Gasteiger partial charge in [0.1, 0.15) is 6.54 Å². The molecule has 2 heterocycles. The molecule has 5 nitrogen and oxygen atoms in total. The van der Waals surface area contributed by atoms with Crippen molar-refractivity contribution in [1.82, 2.24) is 15.1 Å². The van der Waals surface area contributed by atoms with Crippen LogP contribution in [0, 0.1) is 6.92 Å². The third-order valence-corrected chi connectivity index (χ3v) is 3.44. The van der Waals surface area contributed by atoms with Gasteiger partial charge >= 0.3 is 0 Å². The van der Waals surface area contributed by atoms with Crippen LogP contribution in [-0.4, -0.2) is 34.9 Å². The summed E-state index contributed by atoms with van der Waals surface area (Å²) in [5, 5.41) is 7.39. The van der Waals surface area contributed by atoms with Crippen LogP contribution in [0.1, 0.15) is 43.9 Å². The van der Waals surface area contributed by atoms with Crippen molar-refractivity contribution < 1.29 is 9.53 Å². The van der Waals surface area contributed by atoms with E-state index in [-0.39, 0.29) is 18.5 Å². The van der Waals surface area contributed by atoms with Crippen molar-refractivity contribution in [2.24, 2.45) is 0 Å². The molecule has 0 aromatic carbocycles. The Morgan fingerprint density at radius 2 is 2.42 bits per heavy atom. The normalized spacial score (nSPS) is 19.7. The summed E-state index contributed by atoms with van der Waals surface area (Å²) in [4.78, 5) is 11.9. The van der Waals surface area contributed by atoms with E-state index in [4.69, 9.17) is 4.74 Å². The van der Waals surface area contributed by atoms with E-state index >= 15 is 0 Å². The molecular weight excluding hydrogens is 242 g/mol. The molecule has 1 fully saturated rings. The largest absolute Gasteiger partial charge is 0.379 e. The maximum absolute atomic E-state index is 11.9. The highest BCUT2D eigenvalue weighted by Crippen LogP contribution is 2.17. The predicted octanol–water partition coefficient (Wildman–Crippen LogP) is 1.61. The second kappa shape index (κ2) is 6.19. The minimum atomic E-state index is 0.00769. The van der Waals surface area contributed by atoms with Gasteiger partial charge in [0.25, 0.3) is 0 Å². The van der Waals surface area contributed by atoms with Crippen molar-refractivity contribution in [3.63, 3.8) is 0 Å². The summed E-state index contributed by atoms with van der Waals surface area (Å²) >= 11 is 0. The zero-order valence-electron chi connectivity index (χ0n) is 12.0. The molecule has 19 heavy (non-hydrogen) atoms. The molecule has 0 saturated carbocycles. The predicted molar refractivity (Wildman–Crippen MR) is 73.0 cm³/mol. The lowest BCUT2D eigenvalue weighted by atomic mass is 10.1. The van der Waals surface area contributed by atoms with E-state index in [0.29, 0.717) is 12.5 Å². The first-order valence-electron chi connectivity index (χ1n) is 6.97. The zero-order valence-corrected chi connectivity index (χ0v) is 12.0. The summed E-state index contributed by atoms with van der Waals surface area (Å²) in [7, 11) is 0. The lowest BCUT2D eigenvalue weighted by molar-refractivity contribution is -0.123. The summed E-state index contributed by atoms with van der Waals surface area (Å²) in [5.74, 6) is 0.442. The Bertz CT molecular complexity index is 434. The first-order chi connectivity index (χ1) is 9.06. The quantitative estimate of drug-likeness (QED) is 0.900. The molecule has 1 aliphatic heterocycles. The fraction of sp³-hybridized carbons (Fsp3) is 0.714. The number of rotatable bonds is 4. The smallest absolute Gasteiger partial charge is 0.242 e. The van der Waals surface area contributed by atoms with Gasteiger partial charge in [-0.25, -0.2) is 0 Å². The number of hydrogen-bond acceptors (Lipinski definition) is 3. The van der Waals surface area contributed by atoms with Gasteiger partial charge < -0.3 is 10.1 Å². The Morgan fingerprint density at radius 3 is 3.00 bits per heavy atom. The van der Waals surface area contributed by atoms with Gasteiger partial charge in [-0.05, 0) is 31.2 Å². The lowest BCUT2D eigenvalue weighted by Crippen LogP contribution is -2.42. The SMILES string of the molecule is Cc1nn(CC(=O)NC2CCCOC2)cc1C(C)C. The minimum absolute atomic E-state index is 0.00769. The molecule has 1 N–H and O–H groups in total. The number of nitrogens with one attached hydrogen (secondary N) is 1. The molecule has 1 saturated heterocycles. The van der Waals surface area contributed by atoms with Crippen LogP contribution in [0.2, 0.25) is 0 Å². The van der Waals surface area contributed by atoms with E-state index in [1.165, 1.54) is 5.56 Å². The van der Waals surface area contributed by atoms with E-state index in [0.717, 1.165) is 25.1 Å². The van der Waals surface area contributed by atoms with E-state index < -0.39 is 0 Å². The molecule has 2 rings (SSSR count). The van der Waals surface area contributed by atoms with Crippen LogP contribution in [0.3, 0.4) is 0 Å². The maximum atomic E-state index is 11.9. The van der Waals surface area contributed by atoms with Crippen molar-refractivity contribution in [1.29, 1.82) is 0 Å². The Morgan fingerprint density at radius 1 is 1.63 bits per heavy atom. The number of aryl methyl sites for hydroxylation is 1. The van der Waals surface area contributed by atoms with Gasteiger partial charge in [-0.3, -0.25) is 9.48 Å². The third kappa shape index (κ3) is 3.80. The second-order valence-corrected chi connectivity index (χ2v) is 5.50. The Labute approximate surface area is 114 Å². The highest BCUT2D eigenvalue weighted by molar-refractivity contribution is 5.76. The molecule has 1 atom stereocenters. The Balaban J connectivity index is 1.89. The fourth-order valence-electron chi connectivity index (χ4n) is 2.46. The van der Waals surface area contributed by atoms with E-state index in [9.17, 15) is 4.79 Å². The van der Waals surface area contributed by atoms with Crippen LogP contribution in [0.25, 0.3) is 0 Å². The summed E-state index contributed by atoms with van der Waals surface area (Å²) in [6.45, 7) is 7.97. The molecule has 106 valence electrons. The van der Waals surface area contributed by atoms with Crippen molar-refractivity contribution in [2.45, 2.75) is 52.1 Å². The van der Waals surface area contributed by atoms with E-state index in [2.05, 4.69) is 24.3 Å². The van der Waals surface area contributed by atoms with Gasteiger partial charge in [-0.1, -0.05) is 13.8 Å². The van der Waals surface area contributed by atoms with Crippen LogP contribution in [0.5, 0.6) is 0 Å². The lowest BCUT2D eigenvalue weighted by Gasteiger charge is -2.23. The fourth-order valence-corrected chi connectivity index (χ4v) is 2.46. The number of hydrogen-bond donors (Lipinski definition) is 1. The second-order valence-electron chi connectivity index (χ2n) is 5.50. The number of carbonyl (C=O) groups is 1. The number of carbonyl (C=O) groups excluding carboxylic acids is 1. The van der Waals surface area contributed by atoms with Crippen LogP contribution < -0.4 is 5.32 Å². The van der Waals surface area contributed by atoms with Crippen molar-refractivity contribution in [2.75, 3.05) is 13.2 Å². The van der Waals surface area contributed by atoms with Gasteiger partial charge in [0.15, 0.2) is 0 Å². The first kappa shape index (κ1) is 14.1. The highest BCUT2D eigenvalue weighted by atomic mass is 16.5. The van der Waals surface area contributed by atoms with Crippen molar-refractivity contribution >= 4 is 5.91 Å². The van der Waals surface area contributed by atoms with Gasteiger partial charge in [0, 0.05) is 12.8 Å². The molecule has 1 aromatic heterocycles. The van der Waals surface area contributed by atoms with E-state index in [1.54, 1.807) is 4.68 Å². The van der Waals surface area contributed by atoms with Crippen molar-refractivity contribution in [3.8, 4) is 0 Å². The van der Waals surface area contributed by atoms with Crippen LogP contribution in [0.15, 0.2) is 6.20 Å². The molecule has 0 bridgehead atoms. The van der Waals surface area contributed by atoms with Crippen molar-refractivity contribution in [3.05, 3.63) is 17.5 Å². The molecule has 0 aliphatic carbocycles. The highest BCUT2D eigenvalue weighted by Gasteiger charge is 2.17. The summed E-state index contributed by atoms with van der Waals surface area (Å²) in [5.41, 5.74) is 2.21. The number of amides is 1. The third-order valence-electron chi connectivity index (χ3n) is 3.44. The maximum Gasteiger partial charge on any atom is 0.242 e. The monoisotopic (exact) mass is 265 g/mol. The summed E-state index contributed by atoms with van der Waals surface area (Å²) in [6.07, 6.45) is 3.99. The molecular formula is C14H23N3O2. The molecule has 5 heteroatoms. The zero-order chi connectivity index (χ0) is 13.8. The average molecular weight is 265 g/mol. The molecule has 1 aromatic rings.